The second-order valence-corrected chi connectivity index (χ2v) is 6.38. The van der Waals surface area contributed by atoms with E-state index in [0.29, 0.717) is 5.56 Å². The van der Waals surface area contributed by atoms with Crippen molar-refractivity contribution >= 4 is 0 Å². The number of nitrogens with one attached hydrogen (secondary N) is 2. The van der Waals surface area contributed by atoms with Crippen LogP contribution in [0.5, 0.6) is 5.75 Å². The van der Waals surface area contributed by atoms with Gasteiger partial charge in [-0.05, 0) is 18.6 Å². The molecular weight excluding hydrogens is 322 g/mol. The molecule has 0 spiro atoms. The van der Waals surface area contributed by atoms with E-state index in [-0.39, 0.29) is 17.2 Å². The Hall–Kier alpha value is -2.48. The van der Waals surface area contributed by atoms with E-state index in [1.165, 1.54) is 0 Å². The van der Waals surface area contributed by atoms with Gasteiger partial charge in [-0.3, -0.25) is 10.1 Å². The van der Waals surface area contributed by atoms with Crippen LogP contribution in [0.2, 0.25) is 0 Å². The molecule has 132 valence electrons. The quantitative estimate of drug-likeness (QED) is 0.487. The lowest BCUT2D eigenvalue weighted by Gasteiger charge is -2.28. The monoisotopic (exact) mass is 343 g/mol. The fourth-order valence-electron chi connectivity index (χ4n) is 3.46. The summed E-state index contributed by atoms with van der Waals surface area (Å²) in [6.45, 7) is 1.64. The number of phenols is 1. The number of aliphatic hydroxyl groups is 1. The van der Waals surface area contributed by atoms with Crippen molar-refractivity contribution in [3.63, 3.8) is 0 Å². The number of hydrazine groups is 1. The number of para-hydroxylation sites is 1. The van der Waals surface area contributed by atoms with E-state index in [1.807, 2.05) is 31.2 Å². The maximum absolute atomic E-state index is 11.3. The SMILES string of the molecule is Cc1ccc(C(C[N+](=O)[O-])C2C(O)NNC2c2ccccc2O)cc1. The van der Waals surface area contributed by atoms with Gasteiger partial charge in [0.25, 0.3) is 0 Å². The number of aromatic hydroxyl groups is 1. The number of nitrogens with zero attached hydrogens (tertiary/aromatic N) is 1. The molecule has 0 aromatic heterocycles. The molecule has 1 aliphatic heterocycles. The van der Waals surface area contributed by atoms with Gasteiger partial charge in [0.2, 0.25) is 6.54 Å². The van der Waals surface area contributed by atoms with Crippen molar-refractivity contribution in [2.75, 3.05) is 6.54 Å². The minimum Gasteiger partial charge on any atom is -0.508 e. The number of benzene rings is 2. The Balaban J connectivity index is 2.01. The van der Waals surface area contributed by atoms with Gasteiger partial charge in [-0.25, -0.2) is 10.9 Å². The fourth-order valence-corrected chi connectivity index (χ4v) is 3.46. The predicted octanol–water partition coefficient (Wildman–Crippen LogP) is 1.84. The summed E-state index contributed by atoms with van der Waals surface area (Å²) in [6, 6.07) is 13.9. The first-order valence-electron chi connectivity index (χ1n) is 8.12. The first-order valence-corrected chi connectivity index (χ1v) is 8.12. The zero-order chi connectivity index (χ0) is 18.0. The minimum absolute atomic E-state index is 0.0876. The van der Waals surface area contributed by atoms with Crippen LogP contribution in [0.3, 0.4) is 0 Å². The van der Waals surface area contributed by atoms with Gasteiger partial charge in [-0.1, -0.05) is 48.0 Å². The van der Waals surface area contributed by atoms with Gasteiger partial charge < -0.3 is 10.2 Å². The van der Waals surface area contributed by atoms with Crippen LogP contribution in [0.15, 0.2) is 48.5 Å². The molecule has 2 aromatic rings. The number of hydrogen-bond acceptors (Lipinski definition) is 6. The highest BCUT2D eigenvalue weighted by molar-refractivity contribution is 5.37. The Bertz CT molecular complexity index is 750. The van der Waals surface area contributed by atoms with Crippen LogP contribution < -0.4 is 10.9 Å². The molecule has 4 N–H and O–H groups in total. The first kappa shape index (κ1) is 17.3. The highest BCUT2D eigenvalue weighted by atomic mass is 16.6. The zero-order valence-corrected chi connectivity index (χ0v) is 13.8. The summed E-state index contributed by atoms with van der Waals surface area (Å²) in [4.78, 5) is 10.9. The van der Waals surface area contributed by atoms with Crippen molar-refractivity contribution in [2.24, 2.45) is 5.92 Å². The second kappa shape index (κ2) is 7.18. The van der Waals surface area contributed by atoms with E-state index in [1.54, 1.807) is 24.3 Å². The van der Waals surface area contributed by atoms with Crippen LogP contribution in [-0.4, -0.2) is 27.9 Å². The van der Waals surface area contributed by atoms with Crippen LogP contribution >= 0.6 is 0 Å². The predicted molar refractivity (Wildman–Crippen MR) is 92.4 cm³/mol. The number of rotatable bonds is 5. The lowest BCUT2D eigenvalue weighted by atomic mass is 9.78. The third kappa shape index (κ3) is 3.63. The Labute approximate surface area is 145 Å². The number of aryl methyl sites for hydroxylation is 1. The van der Waals surface area contributed by atoms with E-state index in [9.17, 15) is 20.3 Å². The van der Waals surface area contributed by atoms with E-state index < -0.39 is 24.1 Å². The minimum atomic E-state index is -0.976. The Morgan fingerprint density at radius 1 is 1.16 bits per heavy atom. The maximum atomic E-state index is 11.3. The third-order valence-corrected chi connectivity index (χ3v) is 4.72. The molecule has 4 atom stereocenters. The van der Waals surface area contributed by atoms with Crippen molar-refractivity contribution in [2.45, 2.75) is 25.1 Å². The highest BCUT2D eigenvalue weighted by Crippen LogP contribution is 2.41. The summed E-state index contributed by atoms with van der Waals surface area (Å²) in [7, 11) is 0. The van der Waals surface area contributed by atoms with Gasteiger partial charge >= 0.3 is 0 Å². The molecule has 1 heterocycles. The Kier molecular flexibility index (Phi) is 4.98. The molecule has 4 unspecified atom stereocenters. The van der Waals surface area contributed by atoms with Crippen molar-refractivity contribution in [3.05, 3.63) is 75.3 Å². The molecule has 25 heavy (non-hydrogen) atoms. The summed E-state index contributed by atoms with van der Waals surface area (Å²) in [5, 5.41) is 31.9. The average molecular weight is 343 g/mol. The van der Waals surface area contributed by atoms with Gasteiger partial charge in [0.15, 0.2) is 0 Å². The van der Waals surface area contributed by atoms with Gasteiger partial charge in [-0.15, -0.1) is 0 Å². The molecule has 0 bridgehead atoms. The maximum Gasteiger partial charge on any atom is 0.211 e. The lowest BCUT2D eigenvalue weighted by Crippen LogP contribution is -2.34. The summed E-state index contributed by atoms with van der Waals surface area (Å²) < 4.78 is 0. The lowest BCUT2D eigenvalue weighted by molar-refractivity contribution is -0.485. The van der Waals surface area contributed by atoms with Crippen molar-refractivity contribution in [3.8, 4) is 5.75 Å². The smallest absolute Gasteiger partial charge is 0.211 e. The largest absolute Gasteiger partial charge is 0.508 e. The molecule has 1 aliphatic rings. The summed E-state index contributed by atoms with van der Waals surface area (Å²) >= 11 is 0. The Morgan fingerprint density at radius 3 is 2.48 bits per heavy atom. The number of hydrogen-bond donors (Lipinski definition) is 4. The van der Waals surface area contributed by atoms with Crippen LogP contribution in [0.25, 0.3) is 0 Å². The Morgan fingerprint density at radius 2 is 1.84 bits per heavy atom. The van der Waals surface area contributed by atoms with Gasteiger partial charge in [0.05, 0.1) is 12.0 Å². The van der Waals surface area contributed by atoms with E-state index >= 15 is 0 Å². The number of aliphatic hydroxyl groups excluding tert-OH is 1. The standard InChI is InChI=1S/C18H21N3O4/c1-11-6-8-12(9-7-11)14(10-21(24)25)16-17(19-20-18(16)23)13-4-2-3-5-15(13)22/h2-9,14,16-20,22-23H,10H2,1H3. The molecule has 1 saturated heterocycles. The van der Waals surface area contributed by atoms with Crippen molar-refractivity contribution in [1.29, 1.82) is 0 Å². The molecule has 0 amide bonds. The second-order valence-electron chi connectivity index (χ2n) is 6.38. The number of phenolic OH excluding ortho intramolecular Hbond substituents is 1. The molecule has 3 rings (SSSR count). The molecule has 7 nitrogen and oxygen atoms in total. The highest BCUT2D eigenvalue weighted by Gasteiger charge is 2.44. The van der Waals surface area contributed by atoms with Crippen molar-refractivity contribution < 1.29 is 15.1 Å². The van der Waals surface area contributed by atoms with E-state index in [0.717, 1.165) is 11.1 Å². The van der Waals surface area contributed by atoms with Crippen LogP contribution in [0.4, 0.5) is 0 Å². The van der Waals surface area contributed by atoms with Gasteiger partial charge in [-0.2, -0.15) is 0 Å². The molecule has 0 saturated carbocycles. The summed E-state index contributed by atoms with van der Waals surface area (Å²) in [5.41, 5.74) is 8.16. The molecule has 0 radical (unpaired) electrons. The average Bonchev–Trinajstić information content (AvgIpc) is 2.95. The van der Waals surface area contributed by atoms with Gasteiger partial charge in [0.1, 0.15) is 12.0 Å². The molecule has 7 heteroatoms. The first-order chi connectivity index (χ1) is 12.0. The third-order valence-electron chi connectivity index (χ3n) is 4.72. The zero-order valence-electron chi connectivity index (χ0n) is 13.8. The fraction of sp³-hybridized carbons (Fsp3) is 0.333. The van der Waals surface area contributed by atoms with E-state index in [4.69, 9.17) is 0 Å². The van der Waals surface area contributed by atoms with Crippen molar-refractivity contribution in [1.82, 2.24) is 10.9 Å². The van der Waals surface area contributed by atoms with Gasteiger partial charge in [0, 0.05) is 16.4 Å². The van der Waals surface area contributed by atoms with Crippen LogP contribution in [0.1, 0.15) is 28.7 Å². The van der Waals surface area contributed by atoms with E-state index in [2.05, 4.69) is 10.9 Å². The number of nitro groups is 1. The molecule has 2 aromatic carbocycles. The molecule has 0 aliphatic carbocycles. The topological polar surface area (TPSA) is 108 Å². The molecular formula is C18H21N3O4. The van der Waals surface area contributed by atoms with Crippen LogP contribution in [-0.2, 0) is 0 Å². The summed E-state index contributed by atoms with van der Waals surface area (Å²) in [6.07, 6.45) is -0.976. The normalized spacial score (nSPS) is 24.2. The molecule has 1 fully saturated rings. The van der Waals surface area contributed by atoms with Crippen LogP contribution in [0, 0.1) is 23.0 Å². The summed E-state index contributed by atoms with van der Waals surface area (Å²) in [5.74, 6) is -0.941.